The second kappa shape index (κ2) is 3.73. The Balaban J connectivity index is 2.59. The summed E-state index contributed by atoms with van der Waals surface area (Å²) in [7, 11) is 1.32. The van der Waals surface area contributed by atoms with Gasteiger partial charge in [-0.15, -0.1) is 0 Å². The highest BCUT2D eigenvalue weighted by Crippen LogP contribution is 2.08. The molecule has 4 nitrogen and oxygen atoms in total. The maximum atomic E-state index is 8.77. The van der Waals surface area contributed by atoms with Crippen LogP contribution in [0.25, 0.3) is 0 Å². The van der Waals surface area contributed by atoms with Crippen LogP contribution in [0.3, 0.4) is 0 Å². The first kappa shape index (κ1) is 8.55. The maximum absolute atomic E-state index is 8.77. The monoisotopic (exact) mass is 166 g/mol. The lowest BCUT2D eigenvalue weighted by molar-refractivity contribution is -0.00521. The zero-order valence-corrected chi connectivity index (χ0v) is 6.69. The molecule has 0 fully saturated rings. The average molecular weight is 166 g/mol. The van der Waals surface area contributed by atoms with Crippen molar-refractivity contribution in [3.8, 4) is 5.75 Å². The fraction of sp³-hybridized carbons (Fsp3) is 0.125. The molecule has 1 aromatic carbocycles. The first-order valence-electron chi connectivity index (χ1n) is 3.44. The normalized spacial score (nSPS) is 9.17. The Hall–Kier alpha value is -1.55. The number of benzene rings is 1. The molecule has 0 aliphatic rings. The van der Waals surface area contributed by atoms with Gasteiger partial charge in [-0.1, -0.05) is 18.2 Å². The number of rotatable bonds is 1. The number of hydroxylamine groups is 2. The molecule has 2 N–H and O–H groups in total. The standard InChI is InChI=1S/C8H10N2O2/c1-10(11)8(9)12-7-5-3-2-4-6-7/h2-6,9,11H,1H3. The molecule has 12 heavy (non-hydrogen) atoms. The van der Waals surface area contributed by atoms with Crippen molar-refractivity contribution >= 4 is 6.02 Å². The minimum Gasteiger partial charge on any atom is -0.425 e. The molecule has 0 saturated heterocycles. The van der Waals surface area contributed by atoms with Gasteiger partial charge in [0.25, 0.3) is 0 Å². The van der Waals surface area contributed by atoms with E-state index in [1.165, 1.54) is 7.05 Å². The predicted molar refractivity (Wildman–Crippen MR) is 44.3 cm³/mol. The lowest BCUT2D eigenvalue weighted by Gasteiger charge is -2.11. The van der Waals surface area contributed by atoms with E-state index in [2.05, 4.69) is 0 Å². The molecule has 1 aromatic rings. The van der Waals surface area contributed by atoms with Crippen LogP contribution in [0.1, 0.15) is 0 Å². The van der Waals surface area contributed by atoms with Crippen LogP contribution in [0, 0.1) is 5.41 Å². The van der Waals surface area contributed by atoms with Crippen LogP contribution < -0.4 is 4.74 Å². The Bertz CT molecular complexity index is 259. The number of ether oxygens (including phenoxy) is 1. The number of nitrogens with zero attached hydrogens (tertiary/aromatic N) is 1. The molecule has 0 bridgehead atoms. The van der Waals surface area contributed by atoms with Gasteiger partial charge in [0, 0.05) is 7.05 Å². The molecule has 0 unspecified atom stereocenters. The van der Waals surface area contributed by atoms with Gasteiger partial charge in [-0.05, 0) is 12.1 Å². The highest BCUT2D eigenvalue weighted by molar-refractivity contribution is 5.71. The zero-order valence-electron chi connectivity index (χ0n) is 6.69. The van der Waals surface area contributed by atoms with E-state index in [1.807, 2.05) is 6.07 Å². The third kappa shape index (κ3) is 2.25. The molecule has 0 saturated carbocycles. The van der Waals surface area contributed by atoms with Gasteiger partial charge >= 0.3 is 6.02 Å². The summed E-state index contributed by atoms with van der Waals surface area (Å²) in [6.45, 7) is 0. The molecule has 0 aliphatic heterocycles. The van der Waals surface area contributed by atoms with Crippen LogP contribution in [-0.4, -0.2) is 23.3 Å². The van der Waals surface area contributed by atoms with Crippen molar-refractivity contribution in [3.05, 3.63) is 30.3 Å². The van der Waals surface area contributed by atoms with Gasteiger partial charge in [0.05, 0.1) is 0 Å². The predicted octanol–water partition coefficient (Wildman–Crippen LogP) is 1.32. The van der Waals surface area contributed by atoms with E-state index in [1.54, 1.807) is 24.3 Å². The van der Waals surface area contributed by atoms with Crippen LogP contribution in [0.2, 0.25) is 0 Å². The van der Waals surface area contributed by atoms with Crippen molar-refractivity contribution in [2.45, 2.75) is 0 Å². The summed E-state index contributed by atoms with van der Waals surface area (Å²) in [6, 6.07) is 8.54. The molecule has 0 aromatic heterocycles. The fourth-order valence-electron chi connectivity index (χ4n) is 0.666. The van der Waals surface area contributed by atoms with E-state index in [0.29, 0.717) is 10.8 Å². The Morgan fingerprint density at radius 1 is 1.42 bits per heavy atom. The molecule has 0 aliphatic carbocycles. The molecule has 0 heterocycles. The van der Waals surface area contributed by atoms with Crippen molar-refractivity contribution in [1.29, 1.82) is 5.41 Å². The zero-order chi connectivity index (χ0) is 8.97. The Kier molecular flexibility index (Phi) is 2.66. The summed E-state index contributed by atoms with van der Waals surface area (Å²) in [4.78, 5) is 0. The van der Waals surface area contributed by atoms with E-state index in [4.69, 9.17) is 15.4 Å². The smallest absolute Gasteiger partial charge is 0.314 e. The van der Waals surface area contributed by atoms with E-state index in [0.717, 1.165) is 0 Å². The van der Waals surface area contributed by atoms with Crippen LogP contribution in [-0.2, 0) is 0 Å². The van der Waals surface area contributed by atoms with Gasteiger partial charge in [0.2, 0.25) is 0 Å². The van der Waals surface area contributed by atoms with Crippen molar-refractivity contribution < 1.29 is 9.94 Å². The van der Waals surface area contributed by atoms with Crippen LogP contribution >= 0.6 is 0 Å². The number of nitrogens with one attached hydrogen (secondary N) is 1. The van der Waals surface area contributed by atoms with Crippen LogP contribution in [0.5, 0.6) is 5.75 Å². The molecule has 64 valence electrons. The summed E-state index contributed by atoms with van der Waals surface area (Å²) < 4.78 is 4.94. The second-order valence-corrected chi connectivity index (χ2v) is 2.24. The minimum absolute atomic E-state index is 0.304. The Labute approximate surface area is 70.5 Å². The summed E-state index contributed by atoms with van der Waals surface area (Å²) in [5, 5.41) is 16.5. The Morgan fingerprint density at radius 2 is 2.00 bits per heavy atom. The summed E-state index contributed by atoms with van der Waals surface area (Å²) >= 11 is 0. The SMILES string of the molecule is CN(O)C(=N)Oc1ccccc1. The van der Waals surface area contributed by atoms with Crippen LogP contribution in [0.4, 0.5) is 0 Å². The van der Waals surface area contributed by atoms with Gasteiger partial charge in [-0.3, -0.25) is 5.21 Å². The van der Waals surface area contributed by atoms with E-state index in [-0.39, 0.29) is 6.02 Å². The molecule has 0 radical (unpaired) electrons. The lowest BCUT2D eigenvalue weighted by Crippen LogP contribution is -2.26. The average Bonchev–Trinajstić information content (AvgIpc) is 2.06. The third-order valence-electron chi connectivity index (χ3n) is 1.25. The summed E-state index contributed by atoms with van der Waals surface area (Å²) in [5.41, 5.74) is 0. The molecular formula is C8H10N2O2. The maximum Gasteiger partial charge on any atom is 0.314 e. The van der Waals surface area contributed by atoms with Crippen molar-refractivity contribution in [2.75, 3.05) is 7.05 Å². The number of amidine groups is 1. The number of hydrogen-bond donors (Lipinski definition) is 2. The number of hydrogen-bond acceptors (Lipinski definition) is 3. The second-order valence-electron chi connectivity index (χ2n) is 2.24. The molecule has 0 atom stereocenters. The van der Waals surface area contributed by atoms with Crippen molar-refractivity contribution in [2.24, 2.45) is 0 Å². The quantitative estimate of drug-likeness (QED) is 0.376. The van der Waals surface area contributed by atoms with Crippen molar-refractivity contribution in [1.82, 2.24) is 5.06 Å². The lowest BCUT2D eigenvalue weighted by atomic mass is 10.3. The minimum atomic E-state index is -0.304. The molecule has 1 rings (SSSR count). The van der Waals surface area contributed by atoms with Gasteiger partial charge in [-0.2, -0.15) is 0 Å². The third-order valence-corrected chi connectivity index (χ3v) is 1.25. The highest BCUT2D eigenvalue weighted by atomic mass is 16.6. The highest BCUT2D eigenvalue weighted by Gasteiger charge is 2.01. The molecule has 4 heteroatoms. The van der Waals surface area contributed by atoms with Gasteiger partial charge in [-0.25, -0.2) is 10.5 Å². The molecule has 0 amide bonds. The molecule has 0 spiro atoms. The van der Waals surface area contributed by atoms with E-state index >= 15 is 0 Å². The van der Waals surface area contributed by atoms with Gasteiger partial charge in [0.15, 0.2) is 0 Å². The Morgan fingerprint density at radius 3 is 2.50 bits per heavy atom. The van der Waals surface area contributed by atoms with E-state index < -0.39 is 0 Å². The van der Waals surface area contributed by atoms with Crippen molar-refractivity contribution in [3.63, 3.8) is 0 Å². The topological polar surface area (TPSA) is 56.5 Å². The van der Waals surface area contributed by atoms with Gasteiger partial charge < -0.3 is 4.74 Å². The fourth-order valence-corrected chi connectivity index (χ4v) is 0.666. The largest absolute Gasteiger partial charge is 0.425 e. The van der Waals surface area contributed by atoms with E-state index in [9.17, 15) is 0 Å². The first-order valence-corrected chi connectivity index (χ1v) is 3.44. The summed E-state index contributed by atoms with van der Waals surface area (Å²) in [5.74, 6) is 0.531. The van der Waals surface area contributed by atoms with Gasteiger partial charge in [0.1, 0.15) is 5.75 Å². The number of para-hydroxylation sites is 1. The van der Waals surface area contributed by atoms with Crippen LogP contribution in [0.15, 0.2) is 30.3 Å². The summed E-state index contributed by atoms with van der Waals surface area (Å²) in [6.07, 6.45) is 0. The first-order chi connectivity index (χ1) is 5.70. The molecular weight excluding hydrogens is 156 g/mol.